The fourth-order valence-corrected chi connectivity index (χ4v) is 4.63. The van der Waals surface area contributed by atoms with Crippen LogP contribution < -0.4 is 10.9 Å². The average Bonchev–Trinajstić information content (AvgIpc) is 2.86. The highest BCUT2D eigenvalue weighted by Gasteiger charge is 2.20. The van der Waals surface area contributed by atoms with Crippen molar-refractivity contribution >= 4 is 10.9 Å². The number of pyridine rings is 1. The topological polar surface area (TPSA) is 97.8 Å². The number of aromatic amines is 1. The molecule has 0 radical (unpaired) electrons. The zero-order valence-corrected chi connectivity index (χ0v) is 19.6. The standard InChI is InChI=1S/C27H35N3O4/c31-24-8-6-22(23-7-9-26(33)29-27(23)24)25(32)19-28-18-21-10-13-30(14-11-21)15-17-34-16-12-20-4-2-1-3-5-20/h1-9,21,25,28,31-32H,10-19H2,(H,29,33)/t25-/m0/s1. The maximum absolute atomic E-state index is 11.6. The lowest BCUT2D eigenvalue weighted by Crippen LogP contribution is -2.39. The molecule has 1 aliphatic rings. The van der Waals surface area contributed by atoms with E-state index in [1.54, 1.807) is 12.1 Å². The van der Waals surface area contributed by atoms with Crippen molar-refractivity contribution in [3.8, 4) is 5.75 Å². The lowest BCUT2D eigenvalue weighted by Gasteiger charge is -2.32. The lowest BCUT2D eigenvalue weighted by molar-refractivity contribution is 0.0892. The van der Waals surface area contributed by atoms with E-state index in [1.807, 2.05) is 6.07 Å². The van der Waals surface area contributed by atoms with Gasteiger partial charge in [0.1, 0.15) is 5.75 Å². The molecule has 0 unspecified atom stereocenters. The molecule has 34 heavy (non-hydrogen) atoms. The van der Waals surface area contributed by atoms with E-state index in [9.17, 15) is 15.0 Å². The third-order valence-electron chi connectivity index (χ3n) is 6.67. The van der Waals surface area contributed by atoms with Crippen LogP contribution >= 0.6 is 0 Å². The molecule has 0 spiro atoms. The Bertz CT molecular complexity index is 1090. The number of phenols is 1. The molecule has 1 saturated heterocycles. The summed E-state index contributed by atoms with van der Waals surface area (Å²) in [6.07, 6.45) is 2.51. The Labute approximate surface area is 200 Å². The smallest absolute Gasteiger partial charge is 0.248 e. The number of rotatable bonds is 11. The van der Waals surface area contributed by atoms with Crippen LogP contribution in [-0.4, -0.2) is 66.0 Å². The molecule has 4 N–H and O–H groups in total. The summed E-state index contributed by atoms with van der Waals surface area (Å²) < 4.78 is 5.83. The van der Waals surface area contributed by atoms with Crippen molar-refractivity contribution in [1.82, 2.24) is 15.2 Å². The minimum absolute atomic E-state index is 0.00460. The van der Waals surface area contributed by atoms with Gasteiger partial charge in [0.15, 0.2) is 0 Å². The molecule has 2 heterocycles. The third kappa shape index (κ3) is 6.67. The normalized spacial score (nSPS) is 16.1. The molecule has 1 atom stereocenters. The summed E-state index contributed by atoms with van der Waals surface area (Å²) in [6, 6.07) is 16.7. The molecule has 2 aromatic carbocycles. The fraction of sp³-hybridized carbons (Fsp3) is 0.444. The Morgan fingerprint density at radius 3 is 2.65 bits per heavy atom. The molecule has 0 aliphatic carbocycles. The first-order valence-electron chi connectivity index (χ1n) is 12.2. The summed E-state index contributed by atoms with van der Waals surface area (Å²) in [7, 11) is 0. The molecule has 1 fully saturated rings. The number of nitrogens with zero attached hydrogens (tertiary/aromatic N) is 1. The number of aliphatic hydroxyl groups excluding tert-OH is 1. The second-order valence-corrected chi connectivity index (χ2v) is 9.09. The zero-order valence-electron chi connectivity index (χ0n) is 19.6. The van der Waals surface area contributed by atoms with Crippen LogP contribution in [0.3, 0.4) is 0 Å². The number of aromatic hydroxyl groups is 1. The van der Waals surface area contributed by atoms with E-state index in [-0.39, 0.29) is 11.3 Å². The van der Waals surface area contributed by atoms with Crippen LogP contribution in [0.4, 0.5) is 0 Å². The van der Waals surface area contributed by atoms with Crippen molar-refractivity contribution in [3.05, 3.63) is 76.1 Å². The number of likely N-dealkylation sites (tertiary alicyclic amines) is 1. The predicted octanol–water partition coefficient (Wildman–Crippen LogP) is 2.83. The Hall–Kier alpha value is -2.71. The highest BCUT2D eigenvalue weighted by molar-refractivity contribution is 5.87. The zero-order chi connectivity index (χ0) is 23.8. The summed E-state index contributed by atoms with van der Waals surface area (Å²) in [5.41, 5.74) is 2.09. The maximum Gasteiger partial charge on any atom is 0.248 e. The molecule has 4 rings (SSSR count). The van der Waals surface area contributed by atoms with Crippen LogP contribution in [0.25, 0.3) is 10.9 Å². The molecular weight excluding hydrogens is 430 g/mol. The number of H-pyrrole nitrogens is 1. The molecule has 0 amide bonds. The van der Waals surface area contributed by atoms with E-state index in [4.69, 9.17) is 4.74 Å². The minimum atomic E-state index is -0.720. The Morgan fingerprint density at radius 1 is 1.06 bits per heavy atom. The molecule has 0 bridgehead atoms. The number of aliphatic hydroxyl groups is 1. The van der Waals surface area contributed by atoms with Gasteiger partial charge in [0.05, 0.1) is 24.8 Å². The van der Waals surface area contributed by atoms with Gasteiger partial charge in [0.25, 0.3) is 0 Å². The number of hydrogen-bond donors (Lipinski definition) is 4. The van der Waals surface area contributed by atoms with Crippen molar-refractivity contribution in [2.75, 3.05) is 45.9 Å². The van der Waals surface area contributed by atoms with Gasteiger partial charge in [-0.15, -0.1) is 0 Å². The minimum Gasteiger partial charge on any atom is -0.506 e. The maximum atomic E-state index is 11.6. The van der Waals surface area contributed by atoms with E-state index in [2.05, 4.69) is 39.5 Å². The number of fused-ring (bicyclic) bond motifs is 1. The summed E-state index contributed by atoms with van der Waals surface area (Å²) in [6.45, 7) is 5.95. The first-order valence-corrected chi connectivity index (χ1v) is 12.2. The number of benzene rings is 2. The van der Waals surface area contributed by atoms with Gasteiger partial charge in [-0.2, -0.15) is 0 Å². The molecule has 3 aromatic rings. The number of nitrogens with one attached hydrogen (secondary N) is 2. The van der Waals surface area contributed by atoms with E-state index in [0.717, 1.165) is 58.7 Å². The monoisotopic (exact) mass is 465 g/mol. The second kappa shape index (κ2) is 12.1. The van der Waals surface area contributed by atoms with E-state index in [0.29, 0.717) is 28.9 Å². The lowest BCUT2D eigenvalue weighted by atomic mass is 9.96. The quantitative estimate of drug-likeness (QED) is 0.325. The van der Waals surface area contributed by atoms with Crippen LogP contribution in [0.2, 0.25) is 0 Å². The molecule has 1 aliphatic heterocycles. The third-order valence-corrected chi connectivity index (χ3v) is 6.67. The first kappa shape index (κ1) is 24.4. The Morgan fingerprint density at radius 2 is 1.85 bits per heavy atom. The van der Waals surface area contributed by atoms with Crippen molar-refractivity contribution in [3.63, 3.8) is 0 Å². The number of piperidine rings is 1. The van der Waals surface area contributed by atoms with Crippen LogP contribution in [0.5, 0.6) is 5.75 Å². The van der Waals surface area contributed by atoms with Gasteiger partial charge in [0.2, 0.25) is 5.56 Å². The number of aromatic nitrogens is 1. The van der Waals surface area contributed by atoms with Gasteiger partial charge in [-0.3, -0.25) is 4.79 Å². The van der Waals surface area contributed by atoms with Crippen molar-refractivity contribution in [2.24, 2.45) is 5.92 Å². The highest BCUT2D eigenvalue weighted by Crippen LogP contribution is 2.28. The van der Waals surface area contributed by atoms with Crippen molar-refractivity contribution in [1.29, 1.82) is 0 Å². The van der Waals surface area contributed by atoms with Crippen molar-refractivity contribution in [2.45, 2.75) is 25.4 Å². The molecule has 182 valence electrons. The molecule has 7 heteroatoms. The second-order valence-electron chi connectivity index (χ2n) is 9.09. The fourth-order valence-electron chi connectivity index (χ4n) is 4.63. The van der Waals surface area contributed by atoms with Crippen LogP contribution in [0.15, 0.2) is 59.4 Å². The van der Waals surface area contributed by atoms with Gasteiger partial charge in [-0.05, 0) is 68.1 Å². The van der Waals surface area contributed by atoms with Crippen LogP contribution in [0, 0.1) is 5.92 Å². The van der Waals surface area contributed by atoms with Gasteiger partial charge in [0, 0.05) is 24.5 Å². The Balaban J connectivity index is 1.13. The van der Waals surface area contributed by atoms with Gasteiger partial charge < -0.3 is 30.2 Å². The summed E-state index contributed by atoms with van der Waals surface area (Å²) in [5.74, 6) is 0.598. The number of ether oxygens (including phenoxy) is 1. The summed E-state index contributed by atoms with van der Waals surface area (Å²) in [4.78, 5) is 16.7. The molecule has 7 nitrogen and oxygen atoms in total. The number of phenolic OH excluding ortho intramolecular Hbond substituents is 1. The molecular formula is C27H35N3O4. The molecule has 1 aromatic heterocycles. The van der Waals surface area contributed by atoms with Crippen LogP contribution in [-0.2, 0) is 11.2 Å². The SMILES string of the molecule is O=c1ccc2c([C@@H](O)CNCC3CCN(CCOCCc4ccccc4)CC3)ccc(O)c2[nH]1. The summed E-state index contributed by atoms with van der Waals surface area (Å²) in [5, 5.41) is 24.8. The highest BCUT2D eigenvalue weighted by atomic mass is 16.5. The van der Waals surface area contributed by atoms with E-state index < -0.39 is 6.10 Å². The largest absolute Gasteiger partial charge is 0.506 e. The van der Waals surface area contributed by atoms with E-state index in [1.165, 1.54) is 17.7 Å². The Kier molecular flexibility index (Phi) is 8.71. The van der Waals surface area contributed by atoms with Crippen molar-refractivity contribution < 1.29 is 14.9 Å². The first-order chi connectivity index (χ1) is 16.6. The average molecular weight is 466 g/mol. The van der Waals surface area contributed by atoms with Gasteiger partial charge in [-0.1, -0.05) is 36.4 Å². The van der Waals surface area contributed by atoms with Gasteiger partial charge >= 0.3 is 0 Å². The predicted molar refractivity (Wildman–Crippen MR) is 134 cm³/mol. The van der Waals surface area contributed by atoms with E-state index >= 15 is 0 Å². The summed E-state index contributed by atoms with van der Waals surface area (Å²) >= 11 is 0. The number of hydrogen-bond acceptors (Lipinski definition) is 6. The van der Waals surface area contributed by atoms with Gasteiger partial charge in [-0.25, -0.2) is 0 Å². The van der Waals surface area contributed by atoms with Crippen LogP contribution in [0.1, 0.15) is 30.1 Å². The molecule has 0 saturated carbocycles.